The minimum Gasteiger partial charge on any atom is -0.477 e. The van der Waals surface area contributed by atoms with E-state index < -0.39 is 0 Å². The van der Waals surface area contributed by atoms with Crippen molar-refractivity contribution >= 4 is 0 Å². The van der Waals surface area contributed by atoms with Crippen LogP contribution in [0.15, 0.2) is 24.4 Å². The van der Waals surface area contributed by atoms with E-state index in [9.17, 15) is 0 Å². The molecule has 0 bridgehead atoms. The van der Waals surface area contributed by atoms with Crippen LogP contribution in [0.5, 0.6) is 5.88 Å². The average molecular weight is 177 g/mol. The topological polar surface area (TPSA) is 22.1 Å². The van der Waals surface area contributed by atoms with Gasteiger partial charge in [0.25, 0.3) is 0 Å². The summed E-state index contributed by atoms with van der Waals surface area (Å²) in [7, 11) is 0. The van der Waals surface area contributed by atoms with Gasteiger partial charge in [-0.15, -0.1) is 0 Å². The number of hydrogen-bond acceptors (Lipinski definition) is 2. The molecule has 1 fully saturated rings. The third kappa shape index (κ3) is 2.00. The van der Waals surface area contributed by atoms with Gasteiger partial charge in [-0.3, -0.25) is 0 Å². The van der Waals surface area contributed by atoms with Gasteiger partial charge in [0.15, 0.2) is 0 Å². The zero-order valence-electron chi connectivity index (χ0n) is 7.94. The van der Waals surface area contributed by atoms with Crippen LogP contribution in [0.25, 0.3) is 0 Å². The Balaban J connectivity index is 1.80. The second kappa shape index (κ2) is 3.77. The van der Waals surface area contributed by atoms with Crippen molar-refractivity contribution in [2.75, 3.05) is 6.61 Å². The molecule has 1 aromatic rings. The van der Waals surface area contributed by atoms with E-state index in [0.717, 1.165) is 24.3 Å². The van der Waals surface area contributed by atoms with Crippen LogP contribution in [-0.2, 0) is 0 Å². The minimum absolute atomic E-state index is 0.751. The molecule has 0 radical (unpaired) electrons. The maximum absolute atomic E-state index is 5.57. The van der Waals surface area contributed by atoms with E-state index in [-0.39, 0.29) is 0 Å². The predicted molar refractivity (Wildman–Crippen MR) is 51.6 cm³/mol. The number of hydrogen-bond donors (Lipinski definition) is 0. The lowest BCUT2D eigenvalue weighted by molar-refractivity contribution is 0.113. The first-order chi connectivity index (χ1) is 6.36. The third-order valence-electron chi connectivity index (χ3n) is 2.88. The maximum Gasteiger partial charge on any atom is 0.213 e. The standard InChI is InChI=1S/C11H15NO/c1-9-5-6-10(9)8-13-11-4-2-3-7-12-11/h2-4,7,9-10H,5-6,8H2,1H3/t9-,10+/m0/s1. The molecule has 1 aliphatic rings. The van der Waals surface area contributed by atoms with Crippen molar-refractivity contribution < 1.29 is 4.74 Å². The lowest BCUT2D eigenvalue weighted by atomic mass is 9.75. The summed E-state index contributed by atoms with van der Waals surface area (Å²) in [6, 6.07) is 5.76. The van der Waals surface area contributed by atoms with Crippen molar-refractivity contribution in [3.05, 3.63) is 24.4 Å². The highest BCUT2D eigenvalue weighted by Crippen LogP contribution is 2.33. The monoisotopic (exact) mass is 177 g/mol. The summed E-state index contributed by atoms with van der Waals surface area (Å²) >= 11 is 0. The number of ether oxygens (including phenoxy) is 1. The van der Waals surface area contributed by atoms with E-state index in [2.05, 4.69) is 11.9 Å². The lowest BCUT2D eigenvalue weighted by Gasteiger charge is -2.33. The van der Waals surface area contributed by atoms with Crippen LogP contribution in [-0.4, -0.2) is 11.6 Å². The van der Waals surface area contributed by atoms with Gasteiger partial charge in [0.05, 0.1) is 6.61 Å². The molecule has 0 aromatic carbocycles. The smallest absolute Gasteiger partial charge is 0.213 e. The highest BCUT2D eigenvalue weighted by atomic mass is 16.5. The van der Waals surface area contributed by atoms with Gasteiger partial charge in [0, 0.05) is 12.3 Å². The molecule has 0 N–H and O–H groups in total. The van der Waals surface area contributed by atoms with E-state index in [1.807, 2.05) is 18.2 Å². The van der Waals surface area contributed by atoms with Gasteiger partial charge in [-0.25, -0.2) is 4.98 Å². The molecule has 13 heavy (non-hydrogen) atoms. The van der Waals surface area contributed by atoms with Crippen LogP contribution in [0.2, 0.25) is 0 Å². The Morgan fingerprint density at radius 3 is 2.92 bits per heavy atom. The number of aromatic nitrogens is 1. The molecule has 0 amide bonds. The van der Waals surface area contributed by atoms with E-state index in [1.54, 1.807) is 6.20 Å². The summed E-state index contributed by atoms with van der Waals surface area (Å²) in [5.74, 6) is 2.34. The Hall–Kier alpha value is -1.05. The molecular formula is C11H15NO. The van der Waals surface area contributed by atoms with Crippen LogP contribution in [0.3, 0.4) is 0 Å². The van der Waals surface area contributed by atoms with Gasteiger partial charge in [-0.05, 0) is 30.7 Å². The largest absolute Gasteiger partial charge is 0.477 e. The van der Waals surface area contributed by atoms with Gasteiger partial charge in [0.1, 0.15) is 0 Å². The highest BCUT2D eigenvalue weighted by Gasteiger charge is 2.27. The first kappa shape index (κ1) is 8.54. The number of rotatable bonds is 3. The first-order valence-corrected chi connectivity index (χ1v) is 4.90. The van der Waals surface area contributed by atoms with Crippen molar-refractivity contribution in [1.29, 1.82) is 0 Å². The SMILES string of the molecule is C[C@H]1CC[C@@H]1COc1ccccn1. The Morgan fingerprint density at radius 2 is 2.38 bits per heavy atom. The van der Waals surface area contributed by atoms with E-state index in [0.29, 0.717) is 0 Å². The Labute approximate surface area is 78.9 Å². The Morgan fingerprint density at radius 1 is 1.46 bits per heavy atom. The molecule has 1 saturated carbocycles. The van der Waals surface area contributed by atoms with Crippen molar-refractivity contribution in [2.24, 2.45) is 11.8 Å². The van der Waals surface area contributed by atoms with E-state index in [4.69, 9.17) is 4.74 Å². The number of pyridine rings is 1. The normalized spacial score (nSPS) is 26.5. The van der Waals surface area contributed by atoms with Crippen molar-refractivity contribution in [3.8, 4) is 5.88 Å². The van der Waals surface area contributed by atoms with E-state index >= 15 is 0 Å². The molecule has 2 rings (SSSR count). The molecule has 0 unspecified atom stereocenters. The summed E-state index contributed by atoms with van der Waals surface area (Å²) in [6.07, 6.45) is 4.43. The van der Waals surface area contributed by atoms with Crippen molar-refractivity contribution in [1.82, 2.24) is 4.98 Å². The zero-order chi connectivity index (χ0) is 9.10. The fourth-order valence-electron chi connectivity index (χ4n) is 1.61. The molecule has 1 heterocycles. The van der Waals surface area contributed by atoms with Crippen LogP contribution in [0.1, 0.15) is 19.8 Å². The summed E-state index contributed by atoms with van der Waals surface area (Å²) in [5, 5.41) is 0. The lowest BCUT2D eigenvalue weighted by Crippen LogP contribution is -2.28. The minimum atomic E-state index is 0.751. The van der Waals surface area contributed by atoms with Crippen LogP contribution in [0.4, 0.5) is 0 Å². The summed E-state index contributed by atoms with van der Waals surface area (Å²) in [6.45, 7) is 3.12. The second-order valence-electron chi connectivity index (χ2n) is 3.79. The van der Waals surface area contributed by atoms with Crippen LogP contribution >= 0.6 is 0 Å². The summed E-state index contributed by atoms with van der Waals surface area (Å²) in [4.78, 5) is 4.11. The molecule has 70 valence electrons. The van der Waals surface area contributed by atoms with Gasteiger partial charge in [0.2, 0.25) is 5.88 Å². The van der Waals surface area contributed by atoms with Gasteiger partial charge >= 0.3 is 0 Å². The maximum atomic E-state index is 5.57. The second-order valence-corrected chi connectivity index (χ2v) is 3.79. The fourth-order valence-corrected chi connectivity index (χ4v) is 1.61. The van der Waals surface area contributed by atoms with E-state index in [1.165, 1.54) is 12.8 Å². The molecule has 2 atom stereocenters. The molecule has 1 aromatic heterocycles. The van der Waals surface area contributed by atoms with Gasteiger partial charge < -0.3 is 4.74 Å². The average Bonchev–Trinajstić information content (AvgIpc) is 2.17. The number of nitrogens with zero attached hydrogens (tertiary/aromatic N) is 1. The van der Waals surface area contributed by atoms with Crippen molar-refractivity contribution in [2.45, 2.75) is 19.8 Å². The fraction of sp³-hybridized carbons (Fsp3) is 0.545. The molecule has 0 saturated heterocycles. The molecular weight excluding hydrogens is 162 g/mol. The third-order valence-corrected chi connectivity index (χ3v) is 2.88. The van der Waals surface area contributed by atoms with Gasteiger partial charge in [-0.1, -0.05) is 13.0 Å². The predicted octanol–water partition coefficient (Wildman–Crippen LogP) is 2.51. The van der Waals surface area contributed by atoms with Crippen LogP contribution < -0.4 is 4.74 Å². The van der Waals surface area contributed by atoms with Crippen LogP contribution in [0, 0.1) is 11.8 Å². The molecule has 0 aliphatic heterocycles. The molecule has 2 heteroatoms. The van der Waals surface area contributed by atoms with Crippen molar-refractivity contribution in [3.63, 3.8) is 0 Å². The summed E-state index contributed by atoms with van der Waals surface area (Å²) in [5.41, 5.74) is 0. The molecule has 2 nitrogen and oxygen atoms in total. The zero-order valence-corrected chi connectivity index (χ0v) is 7.94. The Bertz CT molecular complexity index is 260. The molecule has 1 aliphatic carbocycles. The summed E-state index contributed by atoms with van der Waals surface area (Å²) < 4.78 is 5.57. The molecule has 0 spiro atoms. The highest BCUT2D eigenvalue weighted by molar-refractivity contribution is 5.09. The Kier molecular flexibility index (Phi) is 2.48. The quantitative estimate of drug-likeness (QED) is 0.707. The first-order valence-electron chi connectivity index (χ1n) is 4.90. The van der Waals surface area contributed by atoms with Gasteiger partial charge in [-0.2, -0.15) is 0 Å².